The fourth-order valence-corrected chi connectivity index (χ4v) is 4.30. The molecule has 5 nitrogen and oxygen atoms in total. The van der Waals surface area contributed by atoms with E-state index in [0.29, 0.717) is 5.75 Å². The van der Waals surface area contributed by atoms with Gasteiger partial charge in [0, 0.05) is 17.3 Å². The average Bonchev–Trinajstić information content (AvgIpc) is 2.60. The standard InChI is InChI=1S/C16H15Cl2NO4S2/c17-12-6-7-14(18)15(10-12)25(21,22)19-8-9-24-16(20)11-23-13-4-2-1-3-5-13/h1-7,10,19H,8-9,11H2. The molecule has 0 bridgehead atoms. The van der Waals surface area contributed by atoms with Crippen LogP contribution in [0.25, 0.3) is 0 Å². The van der Waals surface area contributed by atoms with Crippen LogP contribution in [0.15, 0.2) is 53.4 Å². The molecular weight excluding hydrogens is 405 g/mol. The van der Waals surface area contributed by atoms with Gasteiger partial charge in [0.2, 0.25) is 15.1 Å². The molecule has 2 rings (SSSR count). The van der Waals surface area contributed by atoms with Crippen molar-refractivity contribution in [2.45, 2.75) is 4.90 Å². The molecule has 1 N–H and O–H groups in total. The normalized spacial score (nSPS) is 11.3. The Kier molecular flexibility index (Phi) is 7.58. The highest BCUT2D eigenvalue weighted by atomic mass is 35.5. The van der Waals surface area contributed by atoms with Gasteiger partial charge in [0.05, 0.1) is 5.02 Å². The summed E-state index contributed by atoms with van der Waals surface area (Å²) in [6.07, 6.45) is 0. The first-order valence-electron chi connectivity index (χ1n) is 7.17. The van der Waals surface area contributed by atoms with Gasteiger partial charge in [-0.05, 0) is 30.3 Å². The number of nitrogens with one attached hydrogen (secondary N) is 1. The van der Waals surface area contributed by atoms with Gasteiger partial charge in [-0.25, -0.2) is 13.1 Å². The minimum absolute atomic E-state index is 0.0763. The summed E-state index contributed by atoms with van der Waals surface area (Å²) in [5.41, 5.74) is 0. The molecule has 0 atom stereocenters. The maximum atomic E-state index is 12.2. The van der Waals surface area contributed by atoms with E-state index in [1.807, 2.05) is 18.2 Å². The monoisotopic (exact) mass is 419 g/mol. The summed E-state index contributed by atoms with van der Waals surface area (Å²) in [5.74, 6) is 0.877. The molecule has 2 aromatic rings. The van der Waals surface area contributed by atoms with Crippen LogP contribution in [-0.2, 0) is 14.8 Å². The van der Waals surface area contributed by atoms with Crippen molar-refractivity contribution in [2.75, 3.05) is 18.9 Å². The Morgan fingerprint density at radius 2 is 1.84 bits per heavy atom. The number of carbonyl (C=O) groups is 1. The molecule has 0 aromatic heterocycles. The van der Waals surface area contributed by atoms with Crippen molar-refractivity contribution in [3.8, 4) is 5.75 Å². The van der Waals surface area contributed by atoms with E-state index in [-0.39, 0.29) is 39.0 Å². The van der Waals surface area contributed by atoms with Gasteiger partial charge in [-0.2, -0.15) is 0 Å². The SMILES string of the molecule is O=C(COc1ccccc1)SCCNS(=O)(=O)c1cc(Cl)ccc1Cl. The molecule has 0 radical (unpaired) electrons. The van der Waals surface area contributed by atoms with Crippen LogP contribution in [0, 0.1) is 0 Å². The van der Waals surface area contributed by atoms with Gasteiger partial charge in [0.1, 0.15) is 10.6 Å². The molecule has 9 heteroatoms. The number of halogens is 2. The minimum atomic E-state index is -3.79. The molecule has 0 saturated carbocycles. The smallest absolute Gasteiger partial charge is 0.242 e. The third-order valence-electron chi connectivity index (χ3n) is 2.94. The second kappa shape index (κ2) is 9.45. The summed E-state index contributed by atoms with van der Waals surface area (Å²) in [6, 6.07) is 13.2. The maximum absolute atomic E-state index is 12.2. The lowest BCUT2D eigenvalue weighted by atomic mass is 10.3. The summed E-state index contributed by atoms with van der Waals surface area (Å²) in [5, 5.41) is 0.160. The number of benzene rings is 2. The highest BCUT2D eigenvalue weighted by Crippen LogP contribution is 2.24. The van der Waals surface area contributed by atoms with Crippen LogP contribution < -0.4 is 9.46 Å². The van der Waals surface area contributed by atoms with Crippen molar-refractivity contribution in [3.05, 3.63) is 58.6 Å². The fraction of sp³-hybridized carbons (Fsp3) is 0.188. The number of hydrogen-bond donors (Lipinski definition) is 1. The molecule has 0 saturated heterocycles. The van der Waals surface area contributed by atoms with Gasteiger partial charge in [-0.1, -0.05) is 53.2 Å². The van der Waals surface area contributed by atoms with Gasteiger partial charge in [-0.15, -0.1) is 0 Å². The third-order valence-corrected chi connectivity index (χ3v) is 5.97. The van der Waals surface area contributed by atoms with Crippen LogP contribution in [0.3, 0.4) is 0 Å². The van der Waals surface area contributed by atoms with Crippen LogP contribution in [0.2, 0.25) is 10.0 Å². The van der Waals surface area contributed by atoms with Crippen molar-refractivity contribution in [3.63, 3.8) is 0 Å². The lowest BCUT2D eigenvalue weighted by Crippen LogP contribution is -2.26. The molecule has 0 aliphatic heterocycles. The Bertz CT molecular complexity index is 829. The summed E-state index contributed by atoms with van der Waals surface area (Å²) in [4.78, 5) is 11.6. The molecule has 134 valence electrons. The molecule has 0 heterocycles. The third kappa shape index (κ3) is 6.52. The van der Waals surface area contributed by atoms with E-state index in [4.69, 9.17) is 27.9 Å². The van der Waals surface area contributed by atoms with E-state index < -0.39 is 10.0 Å². The van der Waals surface area contributed by atoms with E-state index in [1.54, 1.807) is 12.1 Å². The molecule has 0 fully saturated rings. The molecule has 25 heavy (non-hydrogen) atoms. The summed E-state index contributed by atoms with van der Waals surface area (Å²) < 4.78 is 32.1. The Hall–Kier alpha value is -1.25. The van der Waals surface area contributed by atoms with Crippen LogP contribution >= 0.6 is 35.0 Å². The highest BCUT2D eigenvalue weighted by Gasteiger charge is 2.18. The second-order valence-electron chi connectivity index (χ2n) is 4.79. The zero-order chi connectivity index (χ0) is 18.3. The Morgan fingerprint density at radius 1 is 1.12 bits per heavy atom. The van der Waals surface area contributed by atoms with E-state index in [1.165, 1.54) is 18.2 Å². The zero-order valence-electron chi connectivity index (χ0n) is 12.9. The Balaban J connectivity index is 1.76. The lowest BCUT2D eigenvalue weighted by molar-refractivity contribution is -0.112. The van der Waals surface area contributed by atoms with E-state index in [2.05, 4.69) is 4.72 Å². The quantitative estimate of drug-likeness (QED) is 0.661. The largest absolute Gasteiger partial charge is 0.485 e. The first-order valence-corrected chi connectivity index (χ1v) is 10.4. The maximum Gasteiger partial charge on any atom is 0.242 e. The number of rotatable bonds is 8. The first-order chi connectivity index (χ1) is 11.9. The molecule has 0 aliphatic carbocycles. The fourth-order valence-electron chi connectivity index (χ4n) is 1.80. The van der Waals surface area contributed by atoms with Gasteiger partial charge in [0.15, 0.2) is 6.61 Å². The summed E-state index contributed by atoms with van der Waals surface area (Å²) >= 11 is 12.7. The van der Waals surface area contributed by atoms with Crippen molar-refractivity contribution in [2.24, 2.45) is 0 Å². The van der Waals surface area contributed by atoms with Gasteiger partial charge in [0.25, 0.3) is 0 Å². The van der Waals surface area contributed by atoms with Crippen molar-refractivity contribution in [1.29, 1.82) is 0 Å². The van der Waals surface area contributed by atoms with E-state index >= 15 is 0 Å². The van der Waals surface area contributed by atoms with Crippen molar-refractivity contribution < 1.29 is 17.9 Å². The number of para-hydroxylation sites is 1. The van der Waals surface area contributed by atoms with Crippen LogP contribution in [0.5, 0.6) is 5.75 Å². The summed E-state index contributed by atoms with van der Waals surface area (Å²) in [6.45, 7) is -0.00549. The van der Waals surface area contributed by atoms with Crippen LogP contribution in [0.1, 0.15) is 0 Å². The van der Waals surface area contributed by atoms with Crippen LogP contribution in [0.4, 0.5) is 0 Å². The predicted octanol–water partition coefficient (Wildman–Crippen LogP) is 3.61. The zero-order valence-corrected chi connectivity index (χ0v) is 16.1. The molecule has 0 amide bonds. The lowest BCUT2D eigenvalue weighted by Gasteiger charge is -2.09. The average molecular weight is 420 g/mol. The van der Waals surface area contributed by atoms with Crippen molar-refractivity contribution in [1.82, 2.24) is 4.72 Å². The Labute approximate surface area is 160 Å². The highest BCUT2D eigenvalue weighted by molar-refractivity contribution is 8.13. The van der Waals surface area contributed by atoms with Gasteiger partial charge >= 0.3 is 0 Å². The first kappa shape index (κ1) is 20.1. The van der Waals surface area contributed by atoms with E-state index in [0.717, 1.165) is 11.8 Å². The topological polar surface area (TPSA) is 72.5 Å². The second-order valence-corrected chi connectivity index (χ2v) is 8.53. The number of ether oxygens (including phenoxy) is 1. The predicted molar refractivity (Wildman–Crippen MR) is 101 cm³/mol. The van der Waals surface area contributed by atoms with Gasteiger partial charge < -0.3 is 4.74 Å². The van der Waals surface area contributed by atoms with Crippen LogP contribution in [-0.4, -0.2) is 32.4 Å². The van der Waals surface area contributed by atoms with E-state index in [9.17, 15) is 13.2 Å². The van der Waals surface area contributed by atoms with Gasteiger partial charge in [-0.3, -0.25) is 4.79 Å². The number of carbonyl (C=O) groups excluding carboxylic acids is 1. The number of thioether (sulfide) groups is 1. The molecule has 0 unspecified atom stereocenters. The molecular formula is C16H15Cl2NO4S2. The number of hydrogen-bond acceptors (Lipinski definition) is 5. The molecule has 0 aliphatic rings. The minimum Gasteiger partial charge on any atom is -0.485 e. The molecule has 0 spiro atoms. The number of sulfonamides is 1. The summed E-state index contributed by atoms with van der Waals surface area (Å²) in [7, 11) is -3.79. The van der Waals surface area contributed by atoms with Crippen molar-refractivity contribution >= 4 is 50.1 Å². The Morgan fingerprint density at radius 3 is 2.56 bits per heavy atom. The molecule has 2 aromatic carbocycles.